The summed E-state index contributed by atoms with van der Waals surface area (Å²) < 4.78 is 17.5. The Morgan fingerprint density at radius 1 is 1.50 bits per heavy atom. The van der Waals surface area contributed by atoms with Crippen LogP contribution in [-0.4, -0.2) is 28.9 Å². The summed E-state index contributed by atoms with van der Waals surface area (Å²) in [7, 11) is 0. The third-order valence-electron chi connectivity index (χ3n) is 2.41. The molecule has 0 aliphatic heterocycles. The molecule has 100 valence electrons. The van der Waals surface area contributed by atoms with Crippen LogP contribution in [0, 0.1) is 5.82 Å². The highest BCUT2D eigenvalue weighted by Gasteiger charge is 2.23. The molecule has 0 aliphatic carbocycles. The number of carbonyl (C=O) groups is 1. The molecular weight excluding hydrogens is 241 g/mol. The van der Waals surface area contributed by atoms with Gasteiger partial charge in [-0.2, -0.15) is 0 Å². The Labute approximate surface area is 104 Å². The molecule has 5 nitrogen and oxygen atoms in total. The number of rotatable bonds is 5. The quantitative estimate of drug-likeness (QED) is 0.535. The lowest BCUT2D eigenvalue weighted by atomic mass is 10.0. The first kappa shape index (κ1) is 14.4. The molecule has 18 heavy (non-hydrogen) atoms. The van der Waals surface area contributed by atoms with E-state index in [4.69, 9.17) is 5.73 Å². The normalized spacial score (nSPS) is 14.0. The average Bonchev–Trinajstić information content (AvgIpc) is 2.28. The lowest BCUT2D eigenvalue weighted by molar-refractivity contribution is -0.147. The van der Waals surface area contributed by atoms with E-state index < -0.39 is 24.0 Å². The summed E-state index contributed by atoms with van der Waals surface area (Å²) in [6.45, 7) is 1.83. The fraction of sp³-hybridized carbons (Fsp3) is 0.417. The molecule has 1 rings (SSSR count). The molecule has 0 bridgehead atoms. The average molecular weight is 257 g/mol. The fourth-order valence-electron chi connectivity index (χ4n) is 1.52. The summed E-state index contributed by atoms with van der Waals surface area (Å²) in [6.07, 6.45) is -3.07. The van der Waals surface area contributed by atoms with Gasteiger partial charge in [0.15, 0.2) is 0 Å². The van der Waals surface area contributed by atoms with Gasteiger partial charge in [0.2, 0.25) is 0 Å². The highest BCUT2D eigenvalue weighted by Crippen LogP contribution is 2.25. The molecule has 0 fully saturated rings. The summed E-state index contributed by atoms with van der Waals surface area (Å²) in [5.41, 5.74) is 5.72. The van der Waals surface area contributed by atoms with Gasteiger partial charge in [0, 0.05) is 11.3 Å². The predicted octanol–water partition coefficient (Wildman–Crippen LogP) is 0.755. The van der Waals surface area contributed by atoms with Crippen LogP contribution in [-0.2, 0) is 9.53 Å². The number of hydrogen-bond donors (Lipinski definition) is 3. The van der Waals surface area contributed by atoms with Gasteiger partial charge in [-0.25, -0.2) is 4.39 Å². The van der Waals surface area contributed by atoms with Gasteiger partial charge in [-0.05, 0) is 19.1 Å². The molecule has 0 radical (unpaired) electrons. The largest absolute Gasteiger partial charge is 0.466 e. The summed E-state index contributed by atoms with van der Waals surface area (Å²) in [5.74, 6) is -1.16. The van der Waals surface area contributed by atoms with E-state index in [-0.39, 0.29) is 24.3 Å². The van der Waals surface area contributed by atoms with E-state index in [0.717, 1.165) is 12.1 Å². The van der Waals surface area contributed by atoms with Crippen LogP contribution in [0.3, 0.4) is 0 Å². The molecule has 0 spiro atoms. The number of benzene rings is 1. The first-order valence-corrected chi connectivity index (χ1v) is 5.52. The standard InChI is InChI=1S/C12H16FNO4/c1-2-18-11(16)6-10(15)12(17)8-4-3-7(13)5-9(8)14/h3-5,10,12,15,17H,2,6,14H2,1H3. The molecule has 0 aliphatic rings. The van der Waals surface area contributed by atoms with Crippen LogP contribution in [0.25, 0.3) is 0 Å². The fourth-order valence-corrected chi connectivity index (χ4v) is 1.52. The maximum Gasteiger partial charge on any atom is 0.308 e. The number of carbonyl (C=O) groups excluding carboxylic acids is 1. The second-order valence-corrected chi connectivity index (χ2v) is 3.79. The van der Waals surface area contributed by atoms with E-state index in [0.29, 0.717) is 0 Å². The summed E-state index contributed by atoms with van der Waals surface area (Å²) >= 11 is 0. The van der Waals surface area contributed by atoms with Crippen molar-refractivity contribution < 1.29 is 24.1 Å². The number of esters is 1. The third-order valence-corrected chi connectivity index (χ3v) is 2.41. The smallest absolute Gasteiger partial charge is 0.308 e. The molecule has 0 saturated heterocycles. The maximum atomic E-state index is 12.8. The molecule has 0 saturated carbocycles. The minimum absolute atomic E-state index is 0.0189. The lowest BCUT2D eigenvalue weighted by Crippen LogP contribution is -2.23. The lowest BCUT2D eigenvalue weighted by Gasteiger charge is -2.18. The van der Waals surface area contributed by atoms with E-state index in [1.54, 1.807) is 6.92 Å². The van der Waals surface area contributed by atoms with Gasteiger partial charge in [0.1, 0.15) is 11.9 Å². The zero-order valence-electron chi connectivity index (χ0n) is 9.97. The first-order chi connectivity index (χ1) is 8.45. The van der Waals surface area contributed by atoms with Crippen LogP contribution in [0.5, 0.6) is 0 Å². The molecule has 2 atom stereocenters. The second-order valence-electron chi connectivity index (χ2n) is 3.79. The van der Waals surface area contributed by atoms with Crippen molar-refractivity contribution in [3.63, 3.8) is 0 Å². The van der Waals surface area contributed by atoms with Crippen molar-refractivity contribution in [1.82, 2.24) is 0 Å². The van der Waals surface area contributed by atoms with Crippen LogP contribution in [0.4, 0.5) is 10.1 Å². The molecule has 4 N–H and O–H groups in total. The number of aliphatic hydroxyl groups is 2. The van der Waals surface area contributed by atoms with E-state index in [9.17, 15) is 19.4 Å². The summed E-state index contributed by atoms with van der Waals surface area (Å²) in [4.78, 5) is 11.1. The van der Waals surface area contributed by atoms with E-state index in [1.807, 2.05) is 0 Å². The van der Waals surface area contributed by atoms with Gasteiger partial charge in [-0.15, -0.1) is 0 Å². The van der Waals surface area contributed by atoms with Crippen LogP contribution < -0.4 is 5.73 Å². The monoisotopic (exact) mass is 257 g/mol. The number of nitrogen functional groups attached to an aromatic ring is 1. The van der Waals surface area contributed by atoms with Gasteiger partial charge >= 0.3 is 5.97 Å². The van der Waals surface area contributed by atoms with E-state index in [2.05, 4.69) is 4.74 Å². The van der Waals surface area contributed by atoms with Crippen molar-refractivity contribution in [2.75, 3.05) is 12.3 Å². The number of ether oxygens (including phenoxy) is 1. The number of nitrogens with two attached hydrogens (primary N) is 1. The Morgan fingerprint density at radius 3 is 2.72 bits per heavy atom. The predicted molar refractivity (Wildman–Crippen MR) is 63.0 cm³/mol. The maximum absolute atomic E-state index is 12.8. The highest BCUT2D eigenvalue weighted by atomic mass is 19.1. The summed E-state index contributed by atoms with van der Waals surface area (Å²) in [6, 6.07) is 3.42. The van der Waals surface area contributed by atoms with Gasteiger partial charge in [0.05, 0.1) is 19.1 Å². The molecule has 0 heterocycles. The Morgan fingerprint density at radius 2 is 2.17 bits per heavy atom. The molecule has 6 heteroatoms. The molecular formula is C12H16FNO4. The molecule has 2 unspecified atom stereocenters. The molecule has 1 aromatic carbocycles. The minimum atomic E-state index is -1.37. The molecule has 1 aromatic rings. The SMILES string of the molecule is CCOC(=O)CC(O)C(O)c1ccc(F)cc1N. The van der Waals surface area contributed by atoms with Crippen molar-refractivity contribution >= 4 is 11.7 Å². The van der Waals surface area contributed by atoms with Gasteiger partial charge in [-0.3, -0.25) is 4.79 Å². The van der Waals surface area contributed by atoms with Gasteiger partial charge in [-0.1, -0.05) is 6.07 Å². The second kappa shape index (κ2) is 6.32. The van der Waals surface area contributed by atoms with Crippen LogP contribution in [0.1, 0.15) is 25.0 Å². The zero-order chi connectivity index (χ0) is 13.7. The van der Waals surface area contributed by atoms with Crippen molar-refractivity contribution in [3.05, 3.63) is 29.6 Å². The van der Waals surface area contributed by atoms with Crippen molar-refractivity contribution in [2.45, 2.75) is 25.6 Å². The van der Waals surface area contributed by atoms with Crippen molar-refractivity contribution in [2.24, 2.45) is 0 Å². The minimum Gasteiger partial charge on any atom is -0.466 e. The van der Waals surface area contributed by atoms with Crippen LogP contribution >= 0.6 is 0 Å². The summed E-state index contributed by atoms with van der Waals surface area (Å²) in [5, 5.41) is 19.5. The van der Waals surface area contributed by atoms with Gasteiger partial charge < -0.3 is 20.7 Å². The Kier molecular flexibility index (Phi) is 5.06. The number of hydrogen-bond acceptors (Lipinski definition) is 5. The Balaban J connectivity index is 2.73. The highest BCUT2D eigenvalue weighted by molar-refractivity contribution is 5.70. The van der Waals surface area contributed by atoms with Crippen LogP contribution in [0.15, 0.2) is 18.2 Å². The first-order valence-electron chi connectivity index (χ1n) is 5.52. The molecule has 0 aromatic heterocycles. The zero-order valence-corrected chi connectivity index (χ0v) is 9.97. The van der Waals surface area contributed by atoms with Crippen LogP contribution in [0.2, 0.25) is 0 Å². The molecule has 0 amide bonds. The van der Waals surface area contributed by atoms with E-state index >= 15 is 0 Å². The topological polar surface area (TPSA) is 92.8 Å². The third kappa shape index (κ3) is 3.68. The van der Waals surface area contributed by atoms with Crippen molar-refractivity contribution in [1.29, 1.82) is 0 Å². The Hall–Kier alpha value is -1.66. The van der Waals surface area contributed by atoms with Gasteiger partial charge in [0.25, 0.3) is 0 Å². The number of aliphatic hydroxyl groups excluding tert-OH is 2. The van der Waals surface area contributed by atoms with E-state index in [1.165, 1.54) is 6.07 Å². The number of anilines is 1. The Bertz CT molecular complexity index is 425. The number of halogens is 1. The van der Waals surface area contributed by atoms with Crippen molar-refractivity contribution in [3.8, 4) is 0 Å².